The van der Waals surface area contributed by atoms with Crippen LogP contribution >= 0.6 is 0 Å². The highest BCUT2D eigenvalue weighted by Gasteiger charge is 2.52. The average Bonchev–Trinajstić information content (AvgIpc) is 4.57. The highest BCUT2D eigenvalue weighted by molar-refractivity contribution is 6.30. The molecule has 0 saturated carbocycles. The third-order valence-electron chi connectivity index (χ3n) is 19.4. The summed E-state index contributed by atoms with van der Waals surface area (Å²) in [7, 11) is 0. The molecule has 2 aliphatic carbocycles. The molecule has 81 heavy (non-hydrogen) atoms. The number of benzene rings is 14. The van der Waals surface area contributed by atoms with Crippen molar-refractivity contribution in [3.8, 4) is 55.6 Å². The topological polar surface area (TPSA) is 8.82 Å². The summed E-state index contributed by atoms with van der Waals surface area (Å²) in [4.78, 5) is 0. The number of hydrogen-bond donors (Lipinski definition) is 0. The van der Waals surface area contributed by atoms with Gasteiger partial charge < -0.3 is 8.80 Å². The summed E-state index contributed by atoms with van der Waals surface area (Å²) in [6.45, 7) is 0. The summed E-state index contributed by atoms with van der Waals surface area (Å²) < 4.78 is 5.03. The van der Waals surface area contributed by atoms with Gasteiger partial charge in [0.1, 0.15) is 0 Å². The molecule has 370 valence electrons. The maximum absolute atomic E-state index is 2.56. The Hall–Kier alpha value is -10.5. The fraction of sp³-hybridized carbons (Fsp3) is 0.0127. The standard InChI is InChI=1S/C79H44N2/c1-2-19-46-45(18-1)42-43-67-75(46)76-59(32-15-37-66(76)79(67)64-35-7-3-20-49(64)50-21-4-8-36-65(50)79)72-55-26-11-24-47(53-28-16-40-70-73(53)60-33-13-30-57-51-22-5-9-38-68(51)80(70)77(57)60)62(55)44-63-48(25-12-27-56(63)72)54-29-17-41-71-74(54)61-34-14-31-58-52-23-6-10-39-69(52)81(71)78(58)61/h1-44H. The van der Waals surface area contributed by atoms with Gasteiger partial charge in [0.25, 0.3) is 0 Å². The second-order valence-corrected chi connectivity index (χ2v) is 22.8. The minimum atomic E-state index is -0.521. The van der Waals surface area contributed by atoms with Crippen molar-refractivity contribution in [2.24, 2.45) is 0 Å². The van der Waals surface area contributed by atoms with E-state index in [2.05, 4.69) is 276 Å². The predicted molar refractivity (Wildman–Crippen MR) is 341 cm³/mol. The number of nitrogens with zero attached hydrogens (tertiary/aromatic N) is 2. The Morgan fingerprint density at radius 1 is 0.210 bits per heavy atom. The van der Waals surface area contributed by atoms with Gasteiger partial charge in [-0.05, 0) is 141 Å². The molecule has 0 saturated heterocycles. The van der Waals surface area contributed by atoms with Crippen LogP contribution in [0.25, 0.3) is 164 Å². The first-order chi connectivity index (χ1) is 40.3. The van der Waals surface area contributed by atoms with Gasteiger partial charge in [-0.15, -0.1) is 0 Å². The fourth-order valence-electron chi connectivity index (χ4n) is 16.5. The number of rotatable bonds is 3. The number of para-hydroxylation sites is 4. The van der Waals surface area contributed by atoms with E-state index in [-0.39, 0.29) is 0 Å². The van der Waals surface area contributed by atoms with Crippen molar-refractivity contribution in [3.05, 3.63) is 289 Å². The molecule has 0 radical (unpaired) electrons. The van der Waals surface area contributed by atoms with Crippen LogP contribution in [0.3, 0.4) is 0 Å². The van der Waals surface area contributed by atoms with Crippen molar-refractivity contribution in [1.82, 2.24) is 8.80 Å². The van der Waals surface area contributed by atoms with Gasteiger partial charge in [0.2, 0.25) is 0 Å². The Balaban J connectivity index is 0.958. The lowest BCUT2D eigenvalue weighted by Crippen LogP contribution is -2.25. The Bertz CT molecular complexity index is 5560. The molecular formula is C79H44N2. The van der Waals surface area contributed by atoms with Crippen LogP contribution in [0.5, 0.6) is 0 Å². The normalized spacial score (nSPS) is 13.5. The molecule has 0 unspecified atom stereocenters. The first-order valence-corrected chi connectivity index (χ1v) is 28.4. The van der Waals surface area contributed by atoms with Gasteiger partial charge in [0, 0.05) is 43.1 Å². The maximum atomic E-state index is 2.56. The molecule has 0 amide bonds. The zero-order valence-electron chi connectivity index (χ0n) is 43.8. The second-order valence-electron chi connectivity index (χ2n) is 22.8. The zero-order valence-corrected chi connectivity index (χ0v) is 43.8. The van der Waals surface area contributed by atoms with E-state index in [1.54, 1.807) is 0 Å². The van der Waals surface area contributed by atoms with E-state index < -0.39 is 5.41 Å². The molecule has 0 fully saturated rings. The van der Waals surface area contributed by atoms with E-state index in [4.69, 9.17) is 0 Å². The molecule has 2 heteroatoms. The summed E-state index contributed by atoms with van der Waals surface area (Å²) in [5.41, 5.74) is 25.1. The van der Waals surface area contributed by atoms with Crippen LogP contribution in [0.2, 0.25) is 0 Å². The van der Waals surface area contributed by atoms with E-state index in [0.717, 1.165) is 0 Å². The van der Waals surface area contributed by atoms with E-state index in [9.17, 15) is 0 Å². The molecule has 0 atom stereocenters. The third-order valence-corrected chi connectivity index (χ3v) is 19.4. The SMILES string of the molecule is c1ccc2c(c1)-c1ccccc1C21c2cccc(-c3c4cccc(-c5cccc6c5c5cccc7c8ccccc8n6c75)c4cc4c(-c5cccc6c5c5cccc7c8ccccc8n6c75)cccc34)c2-c2c1ccc1ccccc21. The van der Waals surface area contributed by atoms with Crippen LogP contribution in [0.4, 0.5) is 0 Å². The van der Waals surface area contributed by atoms with E-state index >= 15 is 0 Å². The predicted octanol–water partition coefficient (Wildman–Crippen LogP) is 20.8. The maximum Gasteiger partial charge on any atom is 0.0725 e. The summed E-state index contributed by atoms with van der Waals surface area (Å²) in [6, 6.07) is 102. The molecule has 14 aromatic carbocycles. The van der Waals surface area contributed by atoms with Crippen molar-refractivity contribution in [1.29, 1.82) is 0 Å². The molecule has 18 aromatic rings. The molecule has 2 aliphatic rings. The van der Waals surface area contributed by atoms with Crippen LogP contribution in [-0.4, -0.2) is 8.80 Å². The van der Waals surface area contributed by atoms with Gasteiger partial charge in [0.15, 0.2) is 0 Å². The number of aromatic nitrogens is 2. The minimum Gasteiger partial charge on any atom is -0.308 e. The molecule has 0 N–H and O–H groups in total. The van der Waals surface area contributed by atoms with Crippen LogP contribution < -0.4 is 0 Å². The lowest BCUT2D eigenvalue weighted by molar-refractivity contribution is 0.794. The highest BCUT2D eigenvalue weighted by atomic mass is 14.9. The molecule has 4 heterocycles. The monoisotopic (exact) mass is 1020 g/mol. The molecule has 2 nitrogen and oxygen atoms in total. The number of fused-ring (bicyclic) bond motifs is 26. The summed E-state index contributed by atoms with van der Waals surface area (Å²) in [5.74, 6) is 0. The van der Waals surface area contributed by atoms with Gasteiger partial charge in [0.05, 0.1) is 38.5 Å². The Morgan fingerprint density at radius 3 is 1.21 bits per heavy atom. The molecule has 0 bridgehead atoms. The van der Waals surface area contributed by atoms with Crippen molar-refractivity contribution < 1.29 is 0 Å². The molecule has 4 aromatic heterocycles. The molecule has 1 spiro atoms. The summed E-state index contributed by atoms with van der Waals surface area (Å²) >= 11 is 0. The van der Waals surface area contributed by atoms with Crippen LogP contribution in [0, 0.1) is 0 Å². The average molecular weight is 1020 g/mol. The summed E-state index contributed by atoms with van der Waals surface area (Å²) in [5, 5.41) is 17.8. The van der Waals surface area contributed by atoms with Crippen molar-refractivity contribution >= 4 is 109 Å². The van der Waals surface area contributed by atoms with Crippen LogP contribution in [0.1, 0.15) is 22.3 Å². The minimum absolute atomic E-state index is 0.521. The third kappa shape index (κ3) is 5.00. The Labute approximate surface area is 464 Å². The lowest BCUT2D eigenvalue weighted by atomic mass is 9.70. The van der Waals surface area contributed by atoms with Gasteiger partial charge in [-0.3, -0.25) is 0 Å². The second kappa shape index (κ2) is 15.0. The van der Waals surface area contributed by atoms with Crippen molar-refractivity contribution in [2.75, 3.05) is 0 Å². The van der Waals surface area contributed by atoms with E-state index in [0.29, 0.717) is 0 Å². The smallest absolute Gasteiger partial charge is 0.0725 e. The van der Waals surface area contributed by atoms with Crippen molar-refractivity contribution in [2.45, 2.75) is 5.41 Å². The number of hydrogen-bond acceptors (Lipinski definition) is 0. The van der Waals surface area contributed by atoms with Gasteiger partial charge in [-0.25, -0.2) is 0 Å². The molecule has 20 rings (SSSR count). The highest BCUT2D eigenvalue weighted by Crippen LogP contribution is 2.66. The fourth-order valence-corrected chi connectivity index (χ4v) is 16.5. The quantitative estimate of drug-likeness (QED) is 0.156. The van der Waals surface area contributed by atoms with Gasteiger partial charge >= 0.3 is 0 Å². The van der Waals surface area contributed by atoms with Gasteiger partial charge in [-0.2, -0.15) is 0 Å². The van der Waals surface area contributed by atoms with E-state index in [1.165, 1.54) is 186 Å². The summed E-state index contributed by atoms with van der Waals surface area (Å²) in [6.07, 6.45) is 0. The van der Waals surface area contributed by atoms with Crippen LogP contribution in [-0.2, 0) is 5.41 Å². The largest absolute Gasteiger partial charge is 0.308 e. The Kier molecular flexibility index (Phi) is 7.85. The molecule has 0 aliphatic heterocycles. The molecular weight excluding hydrogens is 977 g/mol. The zero-order chi connectivity index (χ0) is 52.4. The van der Waals surface area contributed by atoms with Gasteiger partial charge in [-0.1, -0.05) is 237 Å². The van der Waals surface area contributed by atoms with Crippen LogP contribution in [0.15, 0.2) is 267 Å². The van der Waals surface area contributed by atoms with E-state index in [1.807, 2.05) is 0 Å². The first-order valence-electron chi connectivity index (χ1n) is 28.4. The van der Waals surface area contributed by atoms with Crippen molar-refractivity contribution in [3.63, 3.8) is 0 Å². The lowest BCUT2D eigenvalue weighted by Gasteiger charge is -2.30. The first kappa shape index (κ1) is 42.5. The Morgan fingerprint density at radius 2 is 0.605 bits per heavy atom.